The summed E-state index contributed by atoms with van der Waals surface area (Å²) < 4.78 is 23.6. The highest BCUT2D eigenvalue weighted by atomic mass is 19.1. The van der Waals surface area contributed by atoms with Gasteiger partial charge in [0.25, 0.3) is 5.91 Å². The molecule has 1 amide bonds. The van der Waals surface area contributed by atoms with Crippen LogP contribution in [0.3, 0.4) is 0 Å². The van der Waals surface area contributed by atoms with Crippen molar-refractivity contribution in [3.8, 4) is 16.9 Å². The molecule has 4 aromatic rings. The molecule has 1 aliphatic heterocycles. The van der Waals surface area contributed by atoms with E-state index in [4.69, 9.17) is 9.47 Å². The number of morpholine rings is 1. The van der Waals surface area contributed by atoms with E-state index in [9.17, 15) is 14.0 Å². The average Bonchev–Trinajstić information content (AvgIpc) is 3.04. The monoisotopic (exact) mass is 570 g/mol. The van der Waals surface area contributed by atoms with Crippen LogP contribution in [-0.2, 0) is 11.3 Å². The Labute approximate surface area is 245 Å². The number of methoxy groups -OCH3 is 1. The number of hydrogen-bond donors (Lipinski definition) is 2. The Balaban J connectivity index is 0.000000227. The van der Waals surface area contributed by atoms with Gasteiger partial charge in [0, 0.05) is 54.8 Å². The second-order valence-corrected chi connectivity index (χ2v) is 9.68. The van der Waals surface area contributed by atoms with E-state index < -0.39 is 0 Å². The Morgan fingerprint density at radius 1 is 1.07 bits per heavy atom. The van der Waals surface area contributed by atoms with Crippen molar-refractivity contribution >= 4 is 23.6 Å². The number of nitrogens with one attached hydrogen (secondary N) is 2. The predicted molar refractivity (Wildman–Crippen MR) is 163 cm³/mol. The van der Waals surface area contributed by atoms with Crippen LogP contribution in [0, 0.1) is 12.7 Å². The Morgan fingerprint density at radius 3 is 2.52 bits per heavy atom. The molecule has 1 aliphatic rings. The fraction of sp³-hybridized carbons (Fsp3) is 0.242. The summed E-state index contributed by atoms with van der Waals surface area (Å²) in [5.41, 5.74) is 6.71. The molecule has 0 atom stereocenters. The molecular weight excluding hydrogens is 535 g/mol. The first kappa shape index (κ1) is 30.2. The third kappa shape index (κ3) is 8.14. The molecular formula is C33H35FN4O4. The second kappa shape index (κ2) is 14.7. The van der Waals surface area contributed by atoms with Crippen LogP contribution >= 0.6 is 0 Å². The number of halogens is 1. The Kier molecular flexibility index (Phi) is 10.6. The number of anilines is 2. The molecule has 8 nitrogen and oxygen atoms in total. The SMILES string of the molecule is CNc1cnc(C)c(-c2ccc(C(=O)NCc3cccc(OC)c3)cc2)c1.O=Cc1cc(F)cc(N2CCOCC2)c1. The van der Waals surface area contributed by atoms with Crippen LogP contribution in [-0.4, -0.2) is 57.6 Å². The van der Waals surface area contributed by atoms with Crippen LogP contribution in [0.2, 0.25) is 0 Å². The van der Waals surface area contributed by atoms with Crippen LogP contribution in [0.1, 0.15) is 32.0 Å². The zero-order valence-electron chi connectivity index (χ0n) is 24.0. The van der Waals surface area contributed by atoms with E-state index in [1.807, 2.05) is 67.4 Å². The summed E-state index contributed by atoms with van der Waals surface area (Å²) in [6.07, 6.45) is 2.46. The molecule has 218 valence electrons. The zero-order chi connectivity index (χ0) is 29.9. The number of ether oxygens (including phenoxy) is 2. The minimum absolute atomic E-state index is 0.108. The highest BCUT2D eigenvalue weighted by Crippen LogP contribution is 2.25. The Hall–Kier alpha value is -4.76. The van der Waals surface area contributed by atoms with Gasteiger partial charge in [-0.3, -0.25) is 14.6 Å². The number of nitrogens with zero attached hydrogens (tertiary/aromatic N) is 2. The van der Waals surface area contributed by atoms with E-state index in [1.165, 1.54) is 12.1 Å². The van der Waals surface area contributed by atoms with Crippen LogP contribution in [0.25, 0.3) is 11.1 Å². The van der Waals surface area contributed by atoms with Gasteiger partial charge in [0.2, 0.25) is 0 Å². The van der Waals surface area contributed by atoms with E-state index in [-0.39, 0.29) is 11.7 Å². The number of carbonyl (C=O) groups is 2. The third-order valence-corrected chi connectivity index (χ3v) is 6.84. The van der Waals surface area contributed by atoms with Crippen LogP contribution < -0.4 is 20.3 Å². The number of amides is 1. The lowest BCUT2D eigenvalue weighted by molar-refractivity contribution is 0.0950. The minimum Gasteiger partial charge on any atom is -0.497 e. The van der Waals surface area contributed by atoms with Gasteiger partial charge in [-0.1, -0.05) is 24.3 Å². The minimum atomic E-state index is -0.374. The summed E-state index contributed by atoms with van der Waals surface area (Å²) in [4.78, 5) is 29.4. The fourth-order valence-electron chi connectivity index (χ4n) is 4.50. The smallest absolute Gasteiger partial charge is 0.251 e. The van der Waals surface area contributed by atoms with Gasteiger partial charge in [-0.25, -0.2) is 4.39 Å². The maximum atomic E-state index is 13.2. The summed E-state index contributed by atoms with van der Waals surface area (Å²) in [5.74, 6) is 0.295. The first-order chi connectivity index (χ1) is 20.4. The van der Waals surface area contributed by atoms with Gasteiger partial charge in [-0.05, 0) is 66.6 Å². The van der Waals surface area contributed by atoms with Crippen molar-refractivity contribution in [2.24, 2.45) is 0 Å². The summed E-state index contributed by atoms with van der Waals surface area (Å²) in [6, 6.07) is 21.6. The van der Waals surface area contributed by atoms with Crippen LogP contribution in [0.5, 0.6) is 5.75 Å². The molecule has 0 spiro atoms. The molecule has 0 aliphatic carbocycles. The highest BCUT2D eigenvalue weighted by molar-refractivity contribution is 5.94. The summed E-state index contributed by atoms with van der Waals surface area (Å²) in [5, 5.41) is 6.04. The molecule has 5 rings (SSSR count). The molecule has 1 fully saturated rings. The van der Waals surface area contributed by atoms with Gasteiger partial charge >= 0.3 is 0 Å². The molecule has 0 saturated carbocycles. The maximum absolute atomic E-state index is 13.2. The van der Waals surface area contributed by atoms with Gasteiger partial charge in [0.1, 0.15) is 17.9 Å². The topological polar surface area (TPSA) is 92.8 Å². The number of benzene rings is 3. The number of aryl methyl sites for hydroxylation is 1. The fourth-order valence-corrected chi connectivity index (χ4v) is 4.50. The zero-order valence-corrected chi connectivity index (χ0v) is 24.0. The molecule has 0 radical (unpaired) electrons. The highest BCUT2D eigenvalue weighted by Gasteiger charge is 2.13. The van der Waals surface area contributed by atoms with E-state index in [0.717, 1.165) is 52.6 Å². The van der Waals surface area contributed by atoms with Crippen molar-refractivity contribution in [3.63, 3.8) is 0 Å². The number of rotatable bonds is 8. The summed E-state index contributed by atoms with van der Waals surface area (Å²) in [6.45, 7) is 5.19. The van der Waals surface area contributed by atoms with E-state index in [0.29, 0.717) is 37.2 Å². The first-order valence-corrected chi connectivity index (χ1v) is 13.6. The van der Waals surface area contributed by atoms with Crippen molar-refractivity contribution in [1.82, 2.24) is 10.3 Å². The Morgan fingerprint density at radius 2 is 1.83 bits per heavy atom. The van der Waals surface area contributed by atoms with Crippen LogP contribution in [0.15, 0.2) is 79.0 Å². The van der Waals surface area contributed by atoms with Crippen molar-refractivity contribution in [1.29, 1.82) is 0 Å². The average molecular weight is 571 g/mol. The van der Waals surface area contributed by atoms with Crippen molar-refractivity contribution in [2.45, 2.75) is 13.5 Å². The van der Waals surface area contributed by atoms with Gasteiger partial charge in [-0.15, -0.1) is 0 Å². The van der Waals surface area contributed by atoms with Crippen LogP contribution in [0.4, 0.5) is 15.8 Å². The summed E-state index contributed by atoms with van der Waals surface area (Å²) in [7, 11) is 3.49. The molecule has 3 aromatic carbocycles. The molecule has 42 heavy (non-hydrogen) atoms. The van der Waals surface area contributed by atoms with E-state index in [2.05, 4.69) is 21.7 Å². The number of carbonyl (C=O) groups excluding carboxylic acids is 2. The molecule has 9 heteroatoms. The molecule has 1 aromatic heterocycles. The molecule has 1 saturated heterocycles. The normalized spacial score (nSPS) is 12.5. The van der Waals surface area contributed by atoms with Gasteiger partial charge < -0.3 is 25.0 Å². The molecule has 2 heterocycles. The number of pyridine rings is 1. The standard InChI is InChI=1S/C22H23N3O2.C11H12FNO2/c1-15-21(12-19(23-2)14-24-15)17-7-9-18(10-8-17)22(26)25-13-16-5-4-6-20(11-16)27-3;12-10-5-9(8-14)6-11(7-10)13-1-3-15-4-2-13/h4-12,14,23H,13H2,1-3H3,(H,25,26);5-8H,1-4H2. The van der Waals surface area contributed by atoms with Crippen molar-refractivity contribution < 1.29 is 23.5 Å². The van der Waals surface area contributed by atoms with Crippen molar-refractivity contribution in [3.05, 3.63) is 107 Å². The van der Waals surface area contributed by atoms with Gasteiger partial charge in [-0.2, -0.15) is 0 Å². The van der Waals surface area contributed by atoms with E-state index >= 15 is 0 Å². The first-order valence-electron chi connectivity index (χ1n) is 13.6. The predicted octanol–water partition coefficient (Wildman–Crippen LogP) is 5.51. The molecule has 0 bridgehead atoms. The van der Waals surface area contributed by atoms with Gasteiger partial charge in [0.15, 0.2) is 0 Å². The maximum Gasteiger partial charge on any atom is 0.251 e. The number of aldehydes is 1. The lowest BCUT2D eigenvalue weighted by Gasteiger charge is -2.29. The lowest BCUT2D eigenvalue weighted by atomic mass is 10.0. The largest absolute Gasteiger partial charge is 0.497 e. The summed E-state index contributed by atoms with van der Waals surface area (Å²) >= 11 is 0. The number of hydrogen-bond acceptors (Lipinski definition) is 7. The van der Waals surface area contributed by atoms with E-state index in [1.54, 1.807) is 19.4 Å². The third-order valence-electron chi connectivity index (χ3n) is 6.84. The van der Waals surface area contributed by atoms with Crippen molar-refractivity contribution in [2.75, 3.05) is 50.7 Å². The lowest BCUT2D eigenvalue weighted by Crippen LogP contribution is -2.36. The second-order valence-electron chi connectivity index (χ2n) is 9.68. The Bertz CT molecular complexity index is 1500. The molecule has 0 unspecified atom stereocenters. The number of aromatic nitrogens is 1. The quantitative estimate of drug-likeness (QED) is 0.270. The molecule has 2 N–H and O–H groups in total. The van der Waals surface area contributed by atoms with Gasteiger partial charge in [0.05, 0.1) is 32.2 Å².